The van der Waals surface area contributed by atoms with Crippen molar-refractivity contribution >= 4 is 11.8 Å². The van der Waals surface area contributed by atoms with Crippen molar-refractivity contribution in [2.75, 3.05) is 13.2 Å². The number of hydrazine groups is 2. The molecule has 0 atom stereocenters. The van der Waals surface area contributed by atoms with Gasteiger partial charge in [0.05, 0.1) is 26.1 Å². The molecular weight excluding hydrogens is 352 g/mol. The largest absolute Gasteiger partial charge is 0.493 e. The number of hydrogen-bond donors (Lipinski definition) is 4. The van der Waals surface area contributed by atoms with Gasteiger partial charge in [-0.25, -0.2) is 11.7 Å². The van der Waals surface area contributed by atoms with Gasteiger partial charge in [0, 0.05) is 0 Å². The van der Waals surface area contributed by atoms with Crippen molar-refractivity contribution < 1.29 is 23.8 Å². The van der Waals surface area contributed by atoms with Crippen LogP contribution in [0.4, 0.5) is 0 Å². The molecule has 9 heteroatoms. The van der Waals surface area contributed by atoms with Gasteiger partial charge >= 0.3 is 0 Å². The van der Waals surface area contributed by atoms with E-state index in [-0.39, 0.29) is 37.9 Å². The average molecular weight is 374 g/mol. The van der Waals surface area contributed by atoms with E-state index in [1.165, 1.54) is 0 Å². The van der Waals surface area contributed by atoms with Gasteiger partial charge in [-0.1, -0.05) is 0 Å². The molecule has 0 unspecified atom stereocenters. The van der Waals surface area contributed by atoms with Crippen molar-refractivity contribution in [3.63, 3.8) is 0 Å². The zero-order chi connectivity index (χ0) is 19.5. The molecule has 0 aromatic heterocycles. The highest BCUT2D eigenvalue weighted by molar-refractivity contribution is 5.75. The normalized spacial score (nSPS) is 10.0. The molecule has 0 aliphatic rings. The summed E-state index contributed by atoms with van der Waals surface area (Å²) in [6, 6.07) is 14.0. The van der Waals surface area contributed by atoms with E-state index in [4.69, 9.17) is 25.9 Å². The molecule has 2 aromatic rings. The number of rotatable bonds is 10. The molecule has 0 saturated heterocycles. The second-order valence-corrected chi connectivity index (χ2v) is 5.38. The van der Waals surface area contributed by atoms with Crippen LogP contribution in [0.2, 0.25) is 0 Å². The maximum absolute atomic E-state index is 11.0. The van der Waals surface area contributed by atoms with Crippen LogP contribution in [0.1, 0.15) is 12.8 Å². The smallest absolute Gasteiger partial charge is 0.237 e. The molecule has 0 spiro atoms. The van der Waals surface area contributed by atoms with E-state index in [1.54, 1.807) is 48.5 Å². The zero-order valence-electron chi connectivity index (χ0n) is 14.6. The zero-order valence-corrected chi connectivity index (χ0v) is 14.6. The van der Waals surface area contributed by atoms with Crippen molar-refractivity contribution in [3.8, 4) is 23.0 Å². The molecule has 0 heterocycles. The van der Waals surface area contributed by atoms with Crippen molar-refractivity contribution in [1.29, 1.82) is 0 Å². The molecule has 9 nitrogen and oxygen atoms in total. The summed E-state index contributed by atoms with van der Waals surface area (Å²) in [5.41, 5.74) is 4.08. The van der Waals surface area contributed by atoms with Crippen molar-refractivity contribution in [1.82, 2.24) is 10.9 Å². The molecule has 27 heavy (non-hydrogen) atoms. The Morgan fingerprint density at radius 1 is 0.667 bits per heavy atom. The lowest BCUT2D eigenvalue weighted by Crippen LogP contribution is -2.31. The van der Waals surface area contributed by atoms with Gasteiger partial charge in [0.2, 0.25) is 11.8 Å². The summed E-state index contributed by atoms with van der Waals surface area (Å²) < 4.78 is 16.6. The summed E-state index contributed by atoms with van der Waals surface area (Å²) in [5.74, 6) is 11.9. The molecule has 144 valence electrons. The molecule has 0 radical (unpaired) electrons. The summed E-state index contributed by atoms with van der Waals surface area (Å²) in [6.07, 6.45) is 0.361. The quantitative estimate of drug-likeness (QED) is 0.276. The molecule has 0 saturated carbocycles. The fraction of sp³-hybridized carbons (Fsp3) is 0.222. The lowest BCUT2D eigenvalue weighted by Gasteiger charge is -2.09. The Labute approximate surface area is 156 Å². The SMILES string of the molecule is NNC(=O)CCOc1ccc(Oc2ccc(OCCC(=O)NN)cc2)cc1. The summed E-state index contributed by atoms with van der Waals surface area (Å²) >= 11 is 0. The monoisotopic (exact) mass is 374 g/mol. The minimum atomic E-state index is -0.287. The van der Waals surface area contributed by atoms with E-state index < -0.39 is 0 Å². The molecule has 0 aliphatic carbocycles. The maximum atomic E-state index is 11.0. The highest BCUT2D eigenvalue weighted by atomic mass is 16.5. The molecular formula is C18H22N4O5. The molecule has 6 N–H and O–H groups in total. The minimum absolute atomic E-state index is 0.181. The highest BCUT2D eigenvalue weighted by Gasteiger charge is 2.03. The second-order valence-electron chi connectivity index (χ2n) is 5.38. The first-order valence-corrected chi connectivity index (χ1v) is 8.23. The van der Waals surface area contributed by atoms with Crippen LogP contribution >= 0.6 is 0 Å². The van der Waals surface area contributed by atoms with E-state index >= 15 is 0 Å². The second kappa shape index (κ2) is 10.6. The molecule has 0 bridgehead atoms. The van der Waals surface area contributed by atoms with Crippen molar-refractivity contribution in [2.24, 2.45) is 11.7 Å². The first kappa shape index (κ1) is 20.0. The van der Waals surface area contributed by atoms with E-state index in [9.17, 15) is 9.59 Å². The van der Waals surface area contributed by atoms with Gasteiger partial charge in [0.25, 0.3) is 0 Å². The third kappa shape index (κ3) is 7.22. The van der Waals surface area contributed by atoms with Crippen LogP contribution in [0, 0.1) is 0 Å². The summed E-state index contributed by atoms with van der Waals surface area (Å²) in [7, 11) is 0. The first-order chi connectivity index (χ1) is 13.1. The first-order valence-electron chi connectivity index (χ1n) is 8.23. The van der Waals surface area contributed by atoms with Gasteiger partial charge in [-0.2, -0.15) is 0 Å². The van der Waals surface area contributed by atoms with Crippen LogP contribution in [0.25, 0.3) is 0 Å². The average Bonchev–Trinajstić information content (AvgIpc) is 2.70. The lowest BCUT2D eigenvalue weighted by atomic mass is 10.3. The van der Waals surface area contributed by atoms with Gasteiger partial charge < -0.3 is 14.2 Å². The van der Waals surface area contributed by atoms with Gasteiger partial charge in [0.15, 0.2) is 0 Å². The van der Waals surface area contributed by atoms with Crippen molar-refractivity contribution in [3.05, 3.63) is 48.5 Å². The fourth-order valence-corrected chi connectivity index (χ4v) is 2.01. The number of carbonyl (C=O) groups excluding carboxylic acids is 2. The highest BCUT2D eigenvalue weighted by Crippen LogP contribution is 2.25. The van der Waals surface area contributed by atoms with Crippen molar-refractivity contribution in [2.45, 2.75) is 12.8 Å². The number of hydrogen-bond acceptors (Lipinski definition) is 7. The predicted molar refractivity (Wildman–Crippen MR) is 97.8 cm³/mol. The summed E-state index contributed by atoms with van der Waals surface area (Å²) in [6.45, 7) is 0.468. The van der Waals surface area contributed by atoms with E-state index in [0.29, 0.717) is 23.0 Å². The standard InChI is InChI=1S/C18H22N4O5/c19-21-17(23)9-11-25-13-1-5-15(6-2-13)27-16-7-3-14(4-8-16)26-12-10-18(24)22-20/h1-8H,9-12,19-20H2,(H,21,23)(H,22,24). The number of benzene rings is 2. The Morgan fingerprint density at radius 3 is 1.33 bits per heavy atom. The van der Waals surface area contributed by atoms with Crippen LogP contribution in [0.3, 0.4) is 0 Å². The summed E-state index contributed by atoms with van der Waals surface area (Å²) in [5, 5.41) is 0. The molecule has 0 aliphatic heterocycles. The van der Waals surface area contributed by atoms with Crippen LogP contribution < -0.4 is 36.7 Å². The van der Waals surface area contributed by atoms with Crippen LogP contribution in [0.5, 0.6) is 23.0 Å². The van der Waals surface area contributed by atoms with Gasteiger partial charge in [-0.15, -0.1) is 0 Å². The Hall–Kier alpha value is -3.30. The molecule has 0 fully saturated rings. The maximum Gasteiger partial charge on any atom is 0.237 e. The minimum Gasteiger partial charge on any atom is -0.493 e. The Bertz CT molecular complexity index is 671. The van der Waals surface area contributed by atoms with E-state index in [0.717, 1.165) is 0 Å². The fourth-order valence-electron chi connectivity index (χ4n) is 2.01. The van der Waals surface area contributed by atoms with E-state index in [2.05, 4.69) is 0 Å². The third-order valence-electron chi connectivity index (χ3n) is 3.40. The Kier molecular flexibility index (Phi) is 7.89. The Morgan fingerprint density at radius 2 is 1.00 bits per heavy atom. The third-order valence-corrected chi connectivity index (χ3v) is 3.40. The topological polar surface area (TPSA) is 138 Å². The predicted octanol–water partition coefficient (Wildman–Crippen LogP) is 0.997. The molecule has 2 aromatic carbocycles. The number of carbonyl (C=O) groups is 2. The van der Waals surface area contributed by atoms with Gasteiger partial charge in [-0.3, -0.25) is 20.4 Å². The molecule has 2 amide bonds. The lowest BCUT2D eigenvalue weighted by molar-refractivity contribution is -0.122. The Balaban J connectivity index is 1.79. The van der Waals surface area contributed by atoms with Gasteiger partial charge in [0.1, 0.15) is 23.0 Å². The molecule has 2 rings (SSSR count). The van der Waals surface area contributed by atoms with Crippen LogP contribution in [-0.2, 0) is 9.59 Å². The van der Waals surface area contributed by atoms with Crippen LogP contribution in [-0.4, -0.2) is 25.0 Å². The number of nitrogens with one attached hydrogen (secondary N) is 2. The van der Waals surface area contributed by atoms with Gasteiger partial charge in [-0.05, 0) is 48.5 Å². The van der Waals surface area contributed by atoms with E-state index in [1.807, 2.05) is 10.9 Å². The number of amides is 2. The summed E-state index contributed by atoms with van der Waals surface area (Å²) in [4.78, 5) is 22.0. The number of nitrogens with two attached hydrogens (primary N) is 2. The number of ether oxygens (including phenoxy) is 3. The van der Waals surface area contributed by atoms with Crippen LogP contribution in [0.15, 0.2) is 48.5 Å².